The van der Waals surface area contributed by atoms with Crippen molar-refractivity contribution in [2.24, 2.45) is 0 Å². The Kier molecular flexibility index (Phi) is 4.46. The molecule has 17 heavy (non-hydrogen) atoms. The molecule has 1 atom stereocenters. The van der Waals surface area contributed by atoms with Crippen molar-refractivity contribution >= 4 is 34.9 Å². The molecule has 90 valence electrons. The first kappa shape index (κ1) is 12.5. The van der Waals surface area contributed by atoms with Gasteiger partial charge in [0.15, 0.2) is 0 Å². The number of nitrogen functional groups attached to an aromatic ring is 1. The number of rotatable bonds is 3. The van der Waals surface area contributed by atoms with Crippen LogP contribution in [0, 0.1) is 11.3 Å². The molecule has 5 heteroatoms. The van der Waals surface area contributed by atoms with E-state index in [4.69, 9.17) is 11.0 Å². The van der Waals surface area contributed by atoms with Gasteiger partial charge in [-0.1, -0.05) is 0 Å². The third kappa shape index (κ3) is 3.48. The zero-order chi connectivity index (χ0) is 12.1. The van der Waals surface area contributed by atoms with Crippen LogP contribution >= 0.6 is 23.5 Å². The highest BCUT2D eigenvalue weighted by molar-refractivity contribution is 8.06. The minimum Gasteiger partial charge on any atom is -0.399 e. The maximum absolute atomic E-state index is 9.02. The average Bonchev–Trinajstić information content (AvgIpc) is 2.38. The number of hydrogen-bond acceptors (Lipinski definition) is 5. The highest BCUT2D eigenvalue weighted by Gasteiger charge is 2.14. The maximum Gasteiger partial charge on any atom is 0.101 e. The standard InChI is InChI=1S/C12H15N3S2/c13-6-9-5-10(14)1-2-12(9)15-7-11-8-16-3-4-17-11/h1-2,5,11,15H,3-4,7-8,14H2. The largest absolute Gasteiger partial charge is 0.399 e. The van der Waals surface area contributed by atoms with E-state index in [-0.39, 0.29) is 0 Å². The molecule has 0 saturated carbocycles. The summed E-state index contributed by atoms with van der Waals surface area (Å²) in [5.74, 6) is 3.67. The van der Waals surface area contributed by atoms with Crippen LogP contribution in [0.3, 0.4) is 0 Å². The molecule has 1 aliphatic heterocycles. The van der Waals surface area contributed by atoms with Crippen LogP contribution < -0.4 is 11.1 Å². The summed E-state index contributed by atoms with van der Waals surface area (Å²) in [5, 5.41) is 13.0. The van der Waals surface area contributed by atoms with E-state index in [9.17, 15) is 0 Å². The van der Waals surface area contributed by atoms with Gasteiger partial charge in [-0.05, 0) is 18.2 Å². The lowest BCUT2D eigenvalue weighted by molar-refractivity contribution is 1.00. The van der Waals surface area contributed by atoms with Crippen LogP contribution in [0.4, 0.5) is 11.4 Å². The normalized spacial score (nSPS) is 19.6. The number of hydrogen-bond donors (Lipinski definition) is 2. The molecule has 0 radical (unpaired) electrons. The van der Waals surface area contributed by atoms with Crippen molar-refractivity contribution in [3.05, 3.63) is 23.8 Å². The van der Waals surface area contributed by atoms with Gasteiger partial charge in [-0.3, -0.25) is 0 Å². The fraction of sp³-hybridized carbons (Fsp3) is 0.417. The van der Waals surface area contributed by atoms with Crippen molar-refractivity contribution in [2.75, 3.05) is 34.9 Å². The lowest BCUT2D eigenvalue weighted by Gasteiger charge is -2.22. The van der Waals surface area contributed by atoms with Gasteiger partial charge in [0.25, 0.3) is 0 Å². The molecule has 0 amide bonds. The van der Waals surface area contributed by atoms with Gasteiger partial charge in [-0.15, -0.1) is 0 Å². The Balaban J connectivity index is 1.96. The SMILES string of the molecule is N#Cc1cc(N)ccc1NCC1CSCCS1. The first-order valence-corrected chi connectivity index (χ1v) is 7.73. The van der Waals surface area contributed by atoms with Gasteiger partial charge >= 0.3 is 0 Å². The number of nitrogens with one attached hydrogen (secondary N) is 1. The highest BCUT2D eigenvalue weighted by atomic mass is 32.2. The number of nitrogens with two attached hydrogens (primary N) is 1. The second-order valence-corrected chi connectivity index (χ2v) is 6.42. The topological polar surface area (TPSA) is 61.8 Å². The van der Waals surface area contributed by atoms with Crippen LogP contribution in [-0.4, -0.2) is 29.1 Å². The van der Waals surface area contributed by atoms with E-state index in [2.05, 4.69) is 11.4 Å². The molecule has 1 heterocycles. The quantitative estimate of drug-likeness (QED) is 0.822. The average molecular weight is 265 g/mol. The predicted molar refractivity (Wildman–Crippen MR) is 77.6 cm³/mol. The van der Waals surface area contributed by atoms with Crippen molar-refractivity contribution in [3.63, 3.8) is 0 Å². The van der Waals surface area contributed by atoms with Gasteiger partial charge < -0.3 is 11.1 Å². The van der Waals surface area contributed by atoms with Crippen LogP contribution in [0.25, 0.3) is 0 Å². The first-order chi connectivity index (χ1) is 8.29. The molecule has 0 aliphatic carbocycles. The Hall–Kier alpha value is -0.990. The summed E-state index contributed by atoms with van der Waals surface area (Å²) in [6.45, 7) is 0.913. The Bertz CT molecular complexity index is 422. The van der Waals surface area contributed by atoms with Crippen molar-refractivity contribution < 1.29 is 0 Å². The number of anilines is 2. The predicted octanol–water partition coefficient (Wildman–Crippen LogP) is 2.40. The second kappa shape index (κ2) is 6.08. The summed E-state index contributed by atoms with van der Waals surface area (Å²) in [6.07, 6.45) is 0. The molecule has 0 bridgehead atoms. The molecule has 1 unspecified atom stereocenters. The lowest BCUT2D eigenvalue weighted by Crippen LogP contribution is -2.23. The molecule has 2 rings (SSSR count). The zero-order valence-electron chi connectivity index (χ0n) is 9.48. The van der Waals surface area contributed by atoms with Crippen molar-refractivity contribution in [3.8, 4) is 6.07 Å². The highest BCUT2D eigenvalue weighted by Crippen LogP contribution is 2.25. The Labute approximate surface area is 110 Å². The lowest BCUT2D eigenvalue weighted by atomic mass is 10.1. The Morgan fingerprint density at radius 3 is 3.06 bits per heavy atom. The van der Waals surface area contributed by atoms with E-state index >= 15 is 0 Å². The Morgan fingerprint density at radius 1 is 1.47 bits per heavy atom. The molecule has 1 saturated heterocycles. The van der Waals surface area contributed by atoms with Gasteiger partial charge in [0.2, 0.25) is 0 Å². The van der Waals surface area contributed by atoms with Gasteiger partial charge in [-0.2, -0.15) is 28.8 Å². The molecule has 3 N–H and O–H groups in total. The third-order valence-corrected chi connectivity index (χ3v) is 5.41. The second-order valence-electron chi connectivity index (χ2n) is 3.87. The third-order valence-electron chi connectivity index (χ3n) is 2.57. The number of nitrogens with zero attached hydrogens (tertiary/aromatic N) is 1. The molecular weight excluding hydrogens is 250 g/mol. The van der Waals surface area contributed by atoms with Gasteiger partial charge in [0.05, 0.1) is 11.3 Å². The van der Waals surface area contributed by atoms with Gasteiger partial charge in [0.1, 0.15) is 6.07 Å². The monoisotopic (exact) mass is 265 g/mol. The molecular formula is C12H15N3S2. The van der Waals surface area contributed by atoms with Crippen LogP contribution in [0.2, 0.25) is 0 Å². The maximum atomic E-state index is 9.02. The number of nitriles is 1. The van der Waals surface area contributed by atoms with Crippen molar-refractivity contribution in [1.29, 1.82) is 5.26 Å². The summed E-state index contributed by atoms with van der Waals surface area (Å²) in [4.78, 5) is 0. The van der Waals surface area contributed by atoms with E-state index in [0.29, 0.717) is 16.5 Å². The molecule has 0 spiro atoms. The fourth-order valence-corrected chi connectivity index (χ4v) is 4.30. The summed E-state index contributed by atoms with van der Waals surface area (Å²) in [6, 6.07) is 7.59. The number of thioether (sulfide) groups is 2. The number of benzene rings is 1. The fourth-order valence-electron chi connectivity index (χ4n) is 1.69. The summed E-state index contributed by atoms with van der Waals surface area (Å²) < 4.78 is 0. The van der Waals surface area contributed by atoms with Crippen molar-refractivity contribution in [2.45, 2.75) is 5.25 Å². The minimum absolute atomic E-state index is 0.624. The van der Waals surface area contributed by atoms with Crippen LogP contribution in [-0.2, 0) is 0 Å². The molecule has 1 aromatic rings. The van der Waals surface area contributed by atoms with E-state index in [1.165, 1.54) is 17.3 Å². The van der Waals surface area contributed by atoms with Gasteiger partial charge in [0, 0.05) is 34.7 Å². The summed E-state index contributed by atoms with van der Waals surface area (Å²) in [5.41, 5.74) is 7.80. The summed E-state index contributed by atoms with van der Waals surface area (Å²) >= 11 is 4.01. The Morgan fingerprint density at radius 2 is 2.35 bits per heavy atom. The molecule has 0 aromatic heterocycles. The first-order valence-electron chi connectivity index (χ1n) is 5.52. The van der Waals surface area contributed by atoms with E-state index in [0.717, 1.165) is 12.2 Å². The van der Waals surface area contributed by atoms with Gasteiger partial charge in [-0.25, -0.2) is 0 Å². The molecule has 1 aromatic carbocycles. The van der Waals surface area contributed by atoms with Crippen LogP contribution in [0.5, 0.6) is 0 Å². The van der Waals surface area contributed by atoms with E-state index in [1.54, 1.807) is 6.07 Å². The van der Waals surface area contributed by atoms with Crippen LogP contribution in [0.1, 0.15) is 5.56 Å². The van der Waals surface area contributed by atoms with E-state index in [1.807, 2.05) is 35.7 Å². The zero-order valence-corrected chi connectivity index (χ0v) is 11.1. The summed E-state index contributed by atoms with van der Waals surface area (Å²) in [7, 11) is 0. The molecule has 1 aliphatic rings. The molecule has 1 fully saturated rings. The minimum atomic E-state index is 0.624. The van der Waals surface area contributed by atoms with Crippen LogP contribution in [0.15, 0.2) is 18.2 Å². The van der Waals surface area contributed by atoms with E-state index < -0.39 is 0 Å². The van der Waals surface area contributed by atoms with Crippen molar-refractivity contribution in [1.82, 2.24) is 0 Å². The smallest absolute Gasteiger partial charge is 0.101 e. The molecule has 3 nitrogen and oxygen atoms in total.